The van der Waals surface area contributed by atoms with Crippen molar-refractivity contribution < 1.29 is 9.59 Å². The zero-order chi connectivity index (χ0) is 18.2. The molecule has 6 nitrogen and oxygen atoms in total. The Morgan fingerprint density at radius 1 is 1.00 bits per heavy atom. The highest BCUT2D eigenvalue weighted by Gasteiger charge is 2.08. The minimum atomic E-state index is -0.302. The largest absolute Gasteiger partial charge is 0.354 e. The van der Waals surface area contributed by atoms with Gasteiger partial charge in [-0.2, -0.15) is 0 Å². The van der Waals surface area contributed by atoms with Crippen molar-refractivity contribution in [2.75, 3.05) is 13.1 Å². The van der Waals surface area contributed by atoms with Crippen LogP contribution in [-0.2, 0) is 11.3 Å². The lowest BCUT2D eigenvalue weighted by Gasteiger charge is -2.08. The normalized spacial score (nSPS) is 10.3. The highest BCUT2D eigenvalue weighted by molar-refractivity contribution is 6.42. The number of hydrogen-bond acceptors (Lipinski definition) is 3. The summed E-state index contributed by atoms with van der Waals surface area (Å²) in [5, 5.41) is 6.04. The van der Waals surface area contributed by atoms with E-state index < -0.39 is 0 Å². The molecule has 0 bridgehead atoms. The Morgan fingerprint density at radius 2 is 1.76 bits per heavy atom. The Kier molecular flexibility index (Phi) is 7.03. The number of carbonyl (C=O) groups excluding carboxylic acids is 2. The molecule has 0 aliphatic carbocycles. The number of nitrogens with zero attached hydrogens (tertiary/aromatic N) is 1. The molecule has 0 aliphatic heterocycles. The first-order valence-corrected chi connectivity index (χ1v) is 8.38. The molecule has 2 rings (SSSR count). The second-order valence-electron chi connectivity index (χ2n) is 5.22. The first-order valence-electron chi connectivity index (χ1n) is 7.63. The molecule has 2 aromatic rings. The molecule has 1 aromatic heterocycles. The lowest BCUT2D eigenvalue weighted by Crippen LogP contribution is -2.35. The van der Waals surface area contributed by atoms with Crippen LogP contribution >= 0.6 is 23.2 Å². The van der Waals surface area contributed by atoms with Gasteiger partial charge in [-0.15, -0.1) is 0 Å². The number of pyridine rings is 1. The fraction of sp³-hybridized carbons (Fsp3) is 0.235. The Balaban J connectivity index is 1.69. The highest BCUT2D eigenvalue weighted by atomic mass is 35.5. The van der Waals surface area contributed by atoms with Crippen LogP contribution in [0.1, 0.15) is 16.8 Å². The summed E-state index contributed by atoms with van der Waals surface area (Å²) in [6.07, 6.45) is 1.82. The van der Waals surface area contributed by atoms with Crippen molar-refractivity contribution in [2.24, 2.45) is 0 Å². The Hall–Kier alpha value is -2.31. The fourth-order valence-electron chi connectivity index (χ4n) is 2.07. The van der Waals surface area contributed by atoms with Crippen LogP contribution in [0.4, 0.5) is 0 Å². The molecule has 0 atom stereocenters. The molecule has 25 heavy (non-hydrogen) atoms. The van der Waals surface area contributed by atoms with E-state index in [4.69, 9.17) is 23.2 Å². The Bertz CT molecular complexity index is 821. The highest BCUT2D eigenvalue weighted by Crippen LogP contribution is 2.22. The molecule has 2 amide bonds. The zero-order valence-corrected chi connectivity index (χ0v) is 14.8. The van der Waals surface area contributed by atoms with Crippen LogP contribution in [0.5, 0.6) is 0 Å². The summed E-state index contributed by atoms with van der Waals surface area (Å²) in [4.78, 5) is 35.2. The molecule has 0 fully saturated rings. The SMILES string of the molecule is O=C(CCn1ccccc1=O)NCCNC(=O)c1ccc(Cl)c(Cl)c1. The van der Waals surface area contributed by atoms with Gasteiger partial charge in [0.25, 0.3) is 11.5 Å². The molecule has 0 aliphatic rings. The van der Waals surface area contributed by atoms with Crippen molar-refractivity contribution in [2.45, 2.75) is 13.0 Å². The molecule has 8 heteroatoms. The minimum absolute atomic E-state index is 0.149. The fourth-order valence-corrected chi connectivity index (χ4v) is 2.37. The van der Waals surface area contributed by atoms with E-state index >= 15 is 0 Å². The molecule has 0 spiro atoms. The van der Waals surface area contributed by atoms with Gasteiger partial charge in [0, 0.05) is 43.9 Å². The number of halogens is 2. The molecular weight excluding hydrogens is 365 g/mol. The summed E-state index contributed by atoms with van der Waals surface area (Å²) in [6, 6.07) is 9.42. The summed E-state index contributed by atoms with van der Waals surface area (Å²) < 4.78 is 1.46. The molecule has 132 valence electrons. The maximum absolute atomic E-state index is 11.9. The minimum Gasteiger partial charge on any atom is -0.354 e. The number of amides is 2. The van der Waals surface area contributed by atoms with Crippen molar-refractivity contribution in [1.29, 1.82) is 0 Å². The van der Waals surface area contributed by atoms with Crippen molar-refractivity contribution in [3.05, 3.63) is 68.6 Å². The number of hydrogen-bond donors (Lipinski definition) is 2. The number of carbonyl (C=O) groups is 2. The van der Waals surface area contributed by atoms with E-state index in [1.165, 1.54) is 16.7 Å². The Labute approximate surface area is 154 Å². The third-order valence-electron chi connectivity index (χ3n) is 3.39. The second kappa shape index (κ2) is 9.25. The lowest BCUT2D eigenvalue weighted by molar-refractivity contribution is -0.121. The predicted molar refractivity (Wildman–Crippen MR) is 97.1 cm³/mol. The molecule has 0 saturated heterocycles. The predicted octanol–water partition coefficient (Wildman–Crippen LogP) is 2.09. The van der Waals surface area contributed by atoms with Crippen LogP contribution in [-0.4, -0.2) is 29.5 Å². The van der Waals surface area contributed by atoms with Gasteiger partial charge in [-0.1, -0.05) is 29.3 Å². The summed E-state index contributed by atoms with van der Waals surface area (Å²) in [5.74, 6) is -0.497. The number of aromatic nitrogens is 1. The first kappa shape index (κ1) is 19.0. The van der Waals surface area contributed by atoms with Gasteiger partial charge in [-0.05, 0) is 24.3 Å². The second-order valence-corrected chi connectivity index (χ2v) is 6.03. The van der Waals surface area contributed by atoms with E-state index in [-0.39, 0.29) is 36.9 Å². The van der Waals surface area contributed by atoms with Gasteiger partial charge in [-0.3, -0.25) is 14.4 Å². The third-order valence-corrected chi connectivity index (χ3v) is 4.13. The smallest absolute Gasteiger partial charge is 0.251 e. The molecule has 1 aromatic carbocycles. The van der Waals surface area contributed by atoms with E-state index in [9.17, 15) is 14.4 Å². The molecular formula is C17H17Cl2N3O3. The average Bonchev–Trinajstić information content (AvgIpc) is 2.60. The van der Waals surface area contributed by atoms with Crippen LogP contribution in [0.2, 0.25) is 10.0 Å². The van der Waals surface area contributed by atoms with Crippen LogP contribution in [0, 0.1) is 0 Å². The quantitative estimate of drug-likeness (QED) is 0.720. The zero-order valence-electron chi connectivity index (χ0n) is 13.3. The monoisotopic (exact) mass is 381 g/mol. The van der Waals surface area contributed by atoms with Crippen molar-refractivity contribution in [1.82, 2.24) is 15.2 Å². The van der Waals surface area contributed by atoms with E-state index in [0.717, 1.165) is 0 Å². The Morgan fingerprint density at radius 3 is 2.48 bits per heavy atom. The van der Waals surface area contributed by atoms with Crippen molar-refractivity contribution >= 4 is 35.0 Å². The molecule has 0 radical (unpaired) electrons. The number of rotatable bonds is 7. The summed E-state index contributed by atoms with van der Waals surface area (Å²) in [7, 11) is 0. The maximum atomic E-state index is 11.9. The van der Waals surface area contributed by atoms with Crippen molar-refractivity contribution in [3.63, 3.8) is 0 Å². The summed E-state index contributed by atoms with van der Waals surface area (Å²) in [6.45, 7) is 0.868. The van der Waals surface area contributed by atoms with E-state index in [2.05, 4.69) is 10.6 Å². The van der Waals surface area contributed by atoms with Crippen LogP contribution in [0.25, 0.3) is 0 Å². The third kappa shape index (κ3) is 5.92. The van der Waals surface area contributed by atoms with E-state index in [1.807, 2.05) is 0 Å². The maximum Gasteiger partial charge on any atom is 0.251 e. The number of nitrogens with one attached hydrogen (secondary N) is 2. The summed E-state index contributed by atoms with van der Waals surface area (Å²) in [5.41, 5.74) is 0.244. The van der Waals surface area contributed by atoms with Crippen LogP contribution in [0.15, 0.2) is 47.4 Å². The topological polar surface area (TPSA) is 80.2 Å². The van der Waals surface area contributed by atoms with Gasteiger partial charge in [0.05, 0.1) is 10.0 Å². The molecule has 2 N–H and O–H groups in total. The van der Waals surface area contributed by atoms with Gasteiger partial charge in [0.1, 0.15) is 0 Å². The number of aryl methyl sites for hydroxylation is 1. The number of benzene rings is 1. The first-order chi connectivity index (χ1) is 12.0. The summed E-state index contributed by atoms with van der Waals surface area (Å²) >= 11 is 11.7. The molecule has 0 unspecified atom stereocenters. The molecule has 1 heterocycles. The van der Waals surface area contributed by atoms with Crippen molar-refractivity contribution in [3.8, 4) is 0 Å². The lowest BCUT2D eigenvalue weighted by atomic mass is 10.2. The molecule has 0 saturated carbocycles. The van der Waals surface area contributed by atoms with E-state index in [0.29, 0.717) is 22.2 Å². The standard InChI is InChI=1S/C17H17Cl2N3O3/c18-13-5-4-12(11-14(13)19)17(25)21-8-7-20-15(23)6-10-22-9-2-1-3-16(22)24/h1-5,9,11H,6-8,10H2,(H,20,23)(H,21,25). The van der Waals surface area contributed by atoms with E-state index in [1.54, 1.807) is 30.5 Å². The average molecular weight is 382 g/mol. The van der Waals surface area contributed by atoms with Crippen LogP contribution < -0.4 is 16.2 Å². The van der Waals surface area contributed by atoms with Crippen LogP contribution in [0.3, 0.4) is 0 Å². The van der Waals surface area contributed by atoms with Gasteiger partial charge >= 0.3 is 0 Å². The van der Waals surface area contributed by atoms with Gasteiger partial charge in [-0.25, -0.2) is 0 Å². The van der Waals surface area contributed by atoms with Gasteiger partial charge < -0.3 is 15.2 Å². The van der Waals surface area contributed by atoms with Gasteiger partial charge in [0.2, 0.25) is 5.91 Å². The van der Waals surface area contributed by atoms with Gasteiger partial charge in [0.15, 0.2) is 0 Å².